The normalized spacial score (nSPS) is 10.6. The van der Waals surface area contributed by atoms with Gasteiger partial charge in [-0.15, -0.1) is 0 Å². The lowest BCUT2D eigenvalue weighted by Gasteiger charge is -2.16. The third kappa shape index (κ3) is 4.88. The molecule has 0 radical (unpaired) electrons. The molecule has 2 rings (SSSR count). The van der Waals surface area contributed by atoms with Crippen LogP contribution in [0.2, 0.25) is 0 Å². The van der Waals surface area contributed by atoms with E-state index in [0.717, 1.165) is 17.5 Å². The number of methoxy groups -OCH3 is 2. The van der Waals surface area contributed by atoms with Crippen molar-refractivity contribution in [2.45, 2.75) is 6.42 Å². The van der Waals surface area contributed by atoms with Crippen LogP contribution in [0.4, 0.5) is 0 Å². The summed E-state index contributed by atoms with van der Waals surface area (Å²) in [5.41, 5.74) is 2.11. The number of ether oxygens (including phenoxy) is 2. The van der Waals surface area contributed by atoms with E-state index >= 15 is 0 Å². The fraction of sp³-hybridized carbons (Fsp3) is 0.250. The molecule has 0 aromatic heterocycles. The van der Waals surface area contributed by atoms with Crippen LogP contribution in [0.3, 0.4) is 0 Å². The van der Waals surface area contributed by atoms with E-state index in [2.05, 4.69) is 0 Å². The van der Waals surface area contributed by atoms with Crippen molar-refractivity contribution in [2.24, 2.45) is 0 Å². The van der Waals surface area contributed by atoms with Crippen molar-refractivity contribution >= 4 is 12.0 Å². The van der Waals surface area contributed by atoms with Crippen LogP contribution in [0, 0.1) is 0 Å². The first-order chi connectivity index (χ1) is 11.6. The Labute approximate surface area is 143 Å². The number of likely N-dealkylation sites (N-methyl/N-ethyl adjacent to an activating group) is 1. The Morgan fingerprint density at radius 1 is 1.04 bits per heavy atom. The summed E-state index contributed by atoms with van der Waals surface area (Å²) in [5, 5.41) is 0. The lowest BCUT2D eigenvalue weighted by molar-refractivity contribution is -0.124. The Kier molecular flexibility index (Phi) is 6.43. The number of hydrogen-bond donors (Lipinski definition) is 0. The highest BCUT2D eigenvalue weighted by Gasteiger charge is 2.08. The van der Waals surface area contributed by atoms with E-state index in [1.807, 2.05) is 54.6 Å². The van der Waals surface area contributed by atoms with Crippen LogP contribution in [0.5, 0.6) is 11.5 Å². The number of benzene rings is 2. The highest BCUT2D eigenvalue weighted by atomic mass is 16.5. The minimum Gasteiger partial charge on any atom is -0.493 e. The van der Waals surface area contributed by atoms with E-state index in [9.17, 15) is 4.79 Å². The van der Waals surface area contributed by atoms with Gasteiger partial charge in [-0.1, -0.05) is 36.4 Å². The summed E-state index contributed by atoms with van der Waals surface area (Å²) in [6.45, 7) is 0.632. The molecule has 4 nitrogen and oxygen atoms in total. The Morgan fingerprint density at radius 3 is 2.42 bits per heavy atom. The number of hydrogen-bond acceptors (Lipinski definition) is 3. The molecule has 0 unspecified atom stereocenters. The van der Waals surface area contributed by atoms with Gasteiger partial charge in [0.05, 0.1) is 14.2 Å². The van der Waals surface area contributed by atoms with Crippen LogP contribution in [-0.4, -0.2) is 38.6 Å². The fourth-order valence-corrected chi connectivity index (χ4v) is 2.30. The third-order valence-corrected chi connectivity index (χ3v) is 3.78. The van der Waals surface area contributed by atoms with Crippen molar-refractivity contribution in [2.75, 3.05) is 27.8 Å². The van der Waals surface area contributed by atoms with Crippen LogP contribution < -0.4 is 9.47 Å². The maximum atomic E-state index is 12.2. The van der Waals surface area contributed by atoms with Crippen LogP contribution in [0.25, 0.3) is 6.08 Å². The highest BCUT2D eigenvalue weighted by Crippen LogP contribution is 2.27. The van der Waals surface area contributed by atoms with Gasteiger partial charge in [0, 0.05) is 19.7 Å². The molecule has 24 heavy (non-hydrogen) atoms. The Hall–Kier alpha value is -2.75. The molecule has 0 bridgehead atoms. The van der Waals surface area contributed by atoms with E-state index in [0.29, 0.717) is 18.0 Å². The van der Waals surface area contributed by atoms with Crippen molar-refractivity contribution in [3.63, 3.8) is 0 Å². The minimum absolute atomic E-state index is 0.0145. The van der Waals surface area contributed by atoms with Gasteiger partial charge in [-0.05, 0) is 35.8 Å². The van der Waals surface area contributed by atoms with Gasteiger partial charge in [0.15, 0.2) is 11.5 Å². The maximum absolute atomic E-state index is 12.2. The Balaban J connectivity index is 1.91. The zero-order valence-corrected chi connectivity index (χ0v) is 14.4. The van der Waals surface area contributed by atoms with Gasteiger partial charge in [-0.3, -0.25) is 4.79 Å². The first-order valence-corrected chi connectivity index (χ1v) is 7.83. The van der Waals surface area contributed by atoms with Gasteiger partial charge in [0.25, 0.3) is 0 Å². The highest BCUT2D eigenvalue weighted by molar-refractivity contribution is 5.91. The van der Waals surface area contributed by atoms with Gasteiger partial charge in [0.2, 0.25) is 5.91 Å². The molecule has 4 heteroatoms. The van der Waals surface area contributed by atoms with E-state index in [-0.39, 0.29) is 5.91 Å². The average Bonchev–Trinajstić information content (AvgIpc) is 2.64. The number of carbonyl (C=O) groups excluding carboxylic acids is 1. The smallest absolute Gasteiger partial charge is 0.246 e. The monoisotopic (exact) mass is 325 g/mol. The van der Waals surface area contributed by atoms with Crippen molar-refractivity contribution in [3.8, 4) is 11.5 Å². The SMILES string of the molecule is COc1ccc(CCN(C)C(=O)/C=C\c2ccccc2)cc1OC. The molecule has 0 aliphatic heterocycles. The van der Waals surface area contributed by atoms with Gasteiger partial charge in [-0.2, -0.15) is 0 Å². The number of rotatable bonds is 7. The second-order valence-electron chi connectivity index (χ2n) is 5.44. The molecule has 2 aromatic rings. The van der Waals surface area contributed by atoms with E-state index in [4.69, 9.17) is 9.47 Å². The fourth-order valence-electron chi connectivity index (χ4n) is 2.30. The summed E-state index contributed by atoms with van der Waals surface area (Å²) >= 11 is 0. The summed E-state index contributed by atoms with van der Waals surface area (Å²) < 4.78 is 10.5. The molecule has 126 valence electrons. The van der Waals surface area contributed by atoms with Crippen molar-refractivity contribution in [1.82, 2.24) is 4.90 Å². The second-order valence-corrected chi connectivity index (χ2v) is 5.44. The quantitative estimate of drug-likeness (QED) is 0.732. The molecular formula is C20H23NO3. The summed E-state index contributed by atoms with van der Waals surface area (Å²) in [6, 6.07) is 15.6. The van der Waals surface area contributed by atoms with Gasteiger partial charge >= 0.3 is 0 Å². The molecule has 0 saturated carbocycles. The van der Waals surface area contributed by atoms with Crippen LogP contribution >= 0.6 is 0 Å². The molecule has 0 saturated heterocycles. The predicted molar refractivity (Wildman–Crippen MR) is 96.4 cm³/mol. The Morgan fingerprint density at radius 2 is 1.75 bits per heavy atom. The summed E-state index contributed by atoms with van der Waals surface area (Å²) in [7, 11) is 5.03. The van der Waals surface area contributed by atoms with Crippen LogP contribution in [-0.2, 0) is 11.2 Å². The molecule has 0 aliphatic carbocycles. The topological polar surface area (TPSA) is 38.8 Å². The molecule has 0 aliphatic rings. The average molecular weight is 325 g/mol. The van der Waals surface area contributed by atoms with Crippen molar-refractivity contribution < 1.29 is 14.3 Å². The molecule has 0 heterocycles. The molecule has 2 aromatic carbocycles. The molecular weight excluding hydrogens is 302 g/mol. The van der Waals surface area contributed by atoms with Crippen molar-refractivity contribution in [1.29, 1.82) is 0 Å². The molecule has 1 amide bonds. The molecule has 0 atom stereocenters. The summed E-state index contributed by atoms with van der Waals surface area (Å²) in [4.78, 5) is 13.9. The van der Waals surface area contributed by atoms with Gasteiger partial charge in [0.1, 0.15) is 0 Å². The van der Waals surface area contributed by atoms with Crippen LogP contribution in [0.1, 0.15) is 11.1 Å². The van der Waals surface area contributed by atoms with E-state index < -0.39 is 0 Å². The first kappa shape index (κ1) is 17.6. The standard InChI is InChI=1S/C20H23NO3/c1-21(20(22)12-10-16-7-5-4-6-8-16)14-13-17-9-11-18(23-2)19(15-17)24-3/h4-12,15H,13-14H2,1-3H3/b12-10-. The third-order valence-electron chi connectivity index (χ3n) is 3.78. The van der Waals surface area contributed by atoms with E-state index in [1.54, 1.807) is 32.2 Å². The van der Waals surface area contributed by atoms with Crippen LogP contribution in [0.15, 0.2) is 54.6 Å². The number of nitrogens with zero attached hydrogens (tertiary/aromatic N) is 1. The largest absolute Gasteiger partial charge is 0.493 e. The first-order valence-electron chi connectivity index (χ1n) is 7.83. The lowest BCUT2D eigenvalue weighted by Crippen LogP contribution is -2.27. The molecule has 0 spiro atoms. The zero-order chi connectivity index (χ0) is 17.4. The molecule has 0 fully saturated rings. The lowest BCUT2D eigenvalue weighted by atomic mass is 10.1. The zero-order valence-electron chi connectivity index (χ0n) is 14.4. The van der Waals surface area contributed by atoms with Crippen molar-refractivity contribution in [3.05, 3.63) is 65.7 Å². The molecule has 0 N–H and O–H groups in total. The summed E-state index contributed by atoms with van der Waals surface area (Å²) in [6.07, 6.45) is 4.18. The number of amides is 1. The minimum atomic E-state index is -0.0145. The van der Waals surface area contributed by atoms with E-state index in [1.165, 1.54) is 0 Å². The number of carbonyl (C=O) groups is 1. The van der Waals surface area contributed by atoms with Gasteiger partial charge in [-0.25, -0.2) is 0 Å². The second kappa shape index (κ2) is 8.77. The predicted octanol–water partition coefficient (Wildman–Crippen LogP) is 3.42. The Bertz CT molecular complexity index is 695. The summed E-state index contributed by atoms with van der Waals surface area (Å²) in [5.74, 6) is 1.39. The van der Waals surface area contributed by atoms with Gasteiger partial charge < -0.3 is 14.4 Å². The maximum Gasteiger partial charge on any atom is 0.246 e.